The van der Waals surface area contributed by atoms with Crippen molar-refractivity contribution in [2.45, 2.75) is 25.1 Å². The highest BCUT2D eigenvalue weighted by molar-refractivity contribution is 9.10. The maximum absolute atomic E-state index is 11.3. The summed E-state index contributed by atoms with van der Waals surface area (Å²) in [5.41, 5.74) is 2.44. The number of hydrogen-bond acceptors (Lipinski definition) is 3. The topological polar surface area (TPSA) is 38.3 Å². The maximum atomic E-state index is 11.3. The third-order valence-electron chi connectivity index (χ3n) is 3.14. The van der Waals surface area contributed by atoms with Crippen LogP contribution in [0.1, 0.15) is 18.1 Å². The molecule has 100 valence electrons. The van der Waals surface area contributed by atoms with Crippen LogP contribution in [-0.2, 0) is 23.8 Å². The largest absolute Gasteiger partial charge is 0.493 e. The van der Waals surface area contributed by atoms with Crippen LogP contribution in [0, 0.1) is 0 Å². The summed E-state index contributed by atoms with van der Waals surface area (Å²) < 4.78 is 18.0. The Kier molecular flexibility index (Phi) is 4.81. The average molecular weight is 332 g/mol. The van der Waals surface area contributed by atoms with Crippen molar-refractivity contribution < 1.29 is 8.95 Å². The Morgan fingerprint density at radius 1 is 1.56 bits per heavy atom. The molecule has 0 saturated carbocycles. The molecular formula is C13H18BrNO2S. The molecule has 0 bridgehead atoms. The first-order chi connectivity index (χ1) is 8.58. The van der Waals surface area contributed by atoms with Gasteiger partial charge < -0.3 is 10.1 Å². The highest BCUT2D eigenvalue weighted by atomic mass is 79.9. The molecule has 0 saturated heterocycles. The van der Waals surface area contributed by atoms with E-state index < -0.39 is 10.8 Å². The third-order valence-corrected chi connectivity index (χ3v) is 4.90. The summed E-state index contributed by atoms with van der Waals surface area (Å²) in [6.45, 7) is 4.27. The third kappa shape index (κ3) is 3.33. The number of fused-ring (bicyclic) bond motifs is 1. The monoisotopic (exact) mass is 331 g/mol. The van der Waals surface area contributed by atoms with Gasteiger partial charge in [0, 0.05) is 51.9 Å². The van der Waals surface area contributed by atoms with Crippen LogP contribution in [-0.4, -0.2) is 28.9 Å². The van der Waals surface area contributed by atoms with E-state index in [1.54, 1.807) is 6.26 Å². The van der Waals surface area contributed by atoms with Crippen LogP contribution in [0.15, 0.2) is 16.6 Å². The predicted octanol–water partition coefficient (Wildman–Crippen LogP) is 2.24. The van der Waals surface area contributed by atoms with Gasteiger partial charge in [-0.05, 0) is 24.6 Å². The van der Waals surface area contributed by atoms with Crippen molar-refractivity contribution in [1.82, 2.24) is 5.32 Å². The van der Waals surface area contributed by atoms with Gasteiger partial charge in [0.05, 0.1) is 6.61 Å². The van der Waals surface area contributed by atoms with E-state index >= 15 is 0 Å². The predicted molar refractivity (Wildman–Crippen MR) is 78.6 cm³/mol. The van der Waals surface area contributed by atoms with Crippen molar-refractivity contribution in [1.29, 1.82) is 0 Å². The molecular weight excluding hydrogens is 314 g/mol. The van der Waals surface area contributed by atoms with Gasteiger partial charge in [0.15, 0.2) is 0 Å². The van der Waals surface area contributed by atoms with Gasteiger partial charge in [-0.3, -0.25) is 4.21 Å². The lowest BCUT2D eigenvalue weighted by molar-refractivity contribution is 0.352. The van der Waals surface area contributed by atoms with Crippen molar-refractivity contribution in [2.75, 3.05) is 19.4 Å². The quantitative estimate of drug-likeness (QED) is 0.899. The Morgan fingerprint density at radius 2 is 2.33 bits per heavy atom. The molecule has 5 heteroatoms. The molecule has 0 spiro atoms. The molecule has 0 radical (unpaired) electrons. The molecule has 2 unspecified atom stereocenters. The van der Waals surface area contributed by atoms with E-state index in [1.165, 1.54) is 11.1 Å². The van der Waals surface area contributed by atoms with Crippen molar-refractivity contribution in [2.24, 2.45) is 0 Å². The standard InChI is InChI=1S/C13H18BrNO2S/c1-9(18(2)16)7-15-8-11-6-12(14)5-10-3-4-17-13(10)11/h5-6,9,15H,3-4,7-8H2,1-2H3. The number of benzene rings is 1. The Labute approximate surface area is 119 Å². The van der Waals surface area contributed by atoms with E-state index in [-0.39, 0.29) is 5.25 Å². The number of rotatable bonds is 5. The molecule has 2 atom stereocenters. The van der Waals surface area contributed by atoms with Crippen molar-refractivity contribution in [3.8, 4) is 5.75 Å². The summed E-state index contributed by atoms with van der Waals surface area (Å²) in [5.74, 6) is 1.02. The molecule has 0 aromatic heterocycles. The minimum Gasteiger partial charge on any atom is -0.493 e. The normalized spacial score (nSPS) is 17.1. The highest BCUT2D eigenvalue weighted by Gasteiger charge is 2.17. The van der Waals surface area contributed by atoms with E-state index in [1.807, 2.05) is 6.92 Å². The van der Waals surface area contributed by atoms with Crippen LogP contribution in [0.4, 0.5) is 0 Å². The molecule has 1 aromatic rings. The fraction of sp³-hybridized carbons (Fsp3) is 0.538. The molecule has 1 N–H and O–H groups in total. The lowest BCUT2D eigenvalue weighted by Crippen LogP contribution is -2.27. The zero-order valence-electron chi connectivity index (χ0n) is 10.7. The minimum atomic E-state index is -0.775. The summed E-state index contributed by atoms with van der Waals surface area (Å²) in [6.07, 6.45) is 2.73. The molecule has 1 aliphatic heterocycles. The fourth-order valence-corrected chi connectivity index (χ4v) is 2.91. The fourth-order valence-electron chi connectivity index (χ4n) is 2.00. The van der Waals surface area contributed by atoms with Gasteiger partial charge in [0.25, 0.3) is 0 Å². The highest BCUT2D eigenvalue weighted by Crippen LogP contribution is 2.32. The SMILES string of the molecule is CC(CNCc1cc(Br)cc2c1OCC2)S(C)=O. The molecule has 0 aliphatic carbocycles. The van der Waals surface area contributed by atoms with Gasteiger partial charge in [0.1, 0.15) is 5.75 Å². The van der Waals surface area contributed by atoms with Crippen LogP contribution < -0.4 is 10.1 Å². The molecule has 3 nitrogen and oxygen atoms in total. The first kappa shape index (κ1) is 14.0. The van der Waals surface area contributed by atoms with E-state index in [0.717, 1.165) is 36.3 Å². The van der Waals surface area contributed by atoms with Gasteiger partial charge in [-0.1, -0.05) is 15.9 Å². The van der Waals surface area contributed by atoms with Crippen LogP contribution in [0.25, 0.3) is 0 Å². The number of halogens is 1. The Balaban J connectivity index is 2.00. The summed E-state index contributed by atoms with van der Waals surface area (Å²) in [6, 6.07) is 4.21. The zero-order valence-corrected chi connectivity index (χ0v) is 13.1. The van der Waals surface area contributed by atoms with Gasteiger partial charge >= 0.3 is 0 Å². The van der Waals surface area contributed by atoms with E-state index in [9.17, 15) is 4.21 Å². The van der Waals surface area contributed by atoms with Crippen LogP contribution in [0.2, 0.25) is 0 Å². The van der Waals surface area contributed by atoms with Gasteiger partial charge in [-0.2, -0.15) is 0 Å². The second-order valence-corrected chi connectivity index (χ2v) is 7.31. The van der Waals surface area contributed by atoms with Gasteiger partial charge in [0.2, 0.25) is 0 Å². The Hall–Kier alpha value is -0.390. The summed E-state index contributed by atoms with van der Waals surface area (Å²) in [4.78, 5) is 0. The zero-order chi connectivity index (χ0) is 13.1. The molecule has 18 heavy (non-hydrogen) atoms. The molecule has 1 aromatic carbocycles. The number of ether oxygens (including phenoxy) is 1. The average Bonchev–Trinajstić information content (AvgIpc) is 2.76. The Bertz CT molecular complexity index is 465. The molecule has 0 fully saturated rings. The van der Waals surface area contributed by atoms with E-state index in [0.29, 0.717) is 0 Å². The van der Waals surface area contributed by atoms with E-state index in [2.05, 4.69) is 33.4 Å². The van der Waals surface area contributed by atoms with Crippen molar-refractivity contribution >= 4 is 26.7 Å². The maximum Gasteiger partial charge on any atom is 0.127 e. The van der Waals surface area contributed by atoms with E-state index in [4.69, 9.17) is 4.74 Å². The lowest BCUT2D eigenvalue weighted by atomic mass is 10.1. The summed E-state index contributed by atoms with van der Waals surface area (Å²) in [7, 11) is -0.775. The van der Waals surface area contributed by atoms with Crippen LogP contribution in [0.3, 0.4) is 0 Å². The summed E-state index contributed by atoms with van der Waals surface area (Å²) >= 11 is 3.53. The minimum absolute atomic E-state index is 0.172. The first-order valence-electron chi connectivity index (χ1n) is 6.05. The summed E-state index contributed by atoms with van der Waals surface area (Å²) in [5, 5.41) is 3.52. The second-order valence-electron chi connectivity index (χ2n) is 4.59. The van der Waals surface area contributed by atoms with Crippen LogP contribution >= 0.6 is 15.9 Å². The molecule has 1 heterocycles. The Morgan fingerprint density at radius 3 is 3.06 bits per heavy atom. The number of nitrogens with one attached hydrogen (secondary N) is 1. The van der Waals surface area contributed by atoms with Crippen LogP contribution in [0.5, 0.6) is 5.75 Å². The molecule has 1 aliphatic rings. The van der Waals surface area contributed by atoms with Crippen molar-refractivity contribution in [3.05, 3.63) is 27.7 Å². The first-order valence-corrected chi connectivity index (χ1v) is 8.46. The second kappa shape index (κ2) is 6.17. The molecule has 0 amide bonds. The van der Waals surface area contributed by atoms with Gasteiger partial charge in [-0.25, -0.2) is 0 Å². The number of hydrogen-bond donors (Lipinski definition) is 1. The smallest absolute Gasteiger partial charge is 0.127 e. The van der Waals surface area contributed by atoms with Gasteiger partial charge in [-0.15, -0.1) is 0 Å². The lowest BCUT2D eigenvalue weighted by Gasteiger charge is -2.12. The van der Waals surface area contributed by atoms with Crippen molar-refractivity contribution in [3.63, 3.8) is 0 Å². The molecule has 2 rings (SSSR count).